The van der Waals surface area contributed by atoms with E-state index in [0.717, 1.165) is 31.7 Å². The highest BCUT2D eigenvalue weighted by atomic mass is 35.5. The number of aliphatic hydroxyl groups is 1. The third kappa shape index (κ3) is 2.87. The summed E-state index contributed by atoms with van der Waals surface area (Å²) in [5.74, 6) is 0. The second-order valence-corrected chi connectivity index (χ2v) is 5.70. The summed E-state index contributed by atoms with van der Waals surface area (Å²) in [4.78, 5) is 3.35. The average molecular weight is 294 g/mol. The molecule has 1 aliphatic rings. The summed E-state index contributed by atoms with van der Waals surface area (Å²) in [6.07, 6.45) is -1.70. The molecule has 106 valence electrons. The van der Waals surface area contributed by atoms with E-state index in [4.69, 9.17) is 11.6 Å². The van der Waals surface area contributed by atoms with E-state index in [1.54, 1.807) is 0 Å². The van der Waals surface area contributed by atoms with Crippen LogP contribution in [0.2, 0.25) is 5.15 Å². The van der Waals surface area contributed by atoms with Crippen LogP contribution in [0.25, 0.3) is 0 Å². The first kappa shape index (κ1) is 14.6. The number of aromatic nitrogens is 1. The summed E-state index contributed by atoms with van der Waals surface area (Å²) in [6.45, 7) is 1.93. The fourth-order valence-corrected chi connectivity index (χ4v) is 2.90. The molecule has 0 aromatic carbocycles. The van der Waals surface area contributed by atoms with Crippen LogP contribution in [0, 0.1) is 5.41 Å². The molecule has 1 fully saturated rings. The molecule has 0 radical (unpaired) electrons. The Bertz CT molecular complexity index is 469. The van der Waals surface area contributed by atoms with Gasteiger partial charge in [0.2, 0.25) is 0 Å². The lowest BCUT2D eigenvalue weighted by molar-refractivity contribution is -0.141. The minimum Gasteiger partial charge on any atom is -0.388 e. The fraction of sp³-hybridized carbons (Fsp3) is 0.615. The Kier molecular flexibility index (Phi) is 3.80. The zero-order valence-corrected chi connectivity index (χ0v) is 11.2. The lowest BCUT2D eigenvalue weighted by atomic mass is 9.79. The van der Waals surface area contributed by atoms with E-state index >= 15 is 0 Å². The second kappa shape index (κ2) is 4.94. The Hall–Kier alpha value is -0.810. The molecule has 1 atom stereocenters. The third-order valence-electron chi connectivity index (χ3n) is 3.87. The summed E-state index contributed by atoms with van der Waals surface area (Å²) in [6, 6.07) is 2.09. The molecular weight excluding hydrogens is 279 g/mol. The molecule has 1 aliphatic carbocycles. The zero-order valence-electron chi connectivity index (χ0n) is 10.5. The van der Waals surface area contributed by atoms with Crippen molar-refractivity contribution in [2.75, 3.05) is 0 Å². The Labute approximate surface area is 114 Å². The van der Waals surface area contributed by atoms with Gasteiger partial charge in [0.05, 0.1) is 6.10 Å². The first-order valence-corrected chi connectivity index (χ1v) is 6.53. The van der Waals surface area contributed by atoms with Crippen molar-refractivity contribution in [3.63, 3.8) is 0 Å². The number of aliphatic hydroxyl groups excluding tert-OH is 1. The number of hydrogen-bond donors (Lipinski definition) is 1. The number of alkyl halides is 3. The van der Waals surface area contributed by atoms with Gasteiger partial charge in [-0.05, 0) is 24.3 Å². The molecule has 1 aromatic rings. The van der Waals surface area contributed by atoms with E-state index in [1.165, 1.54) is 6.07 Å². The maximum Gasteiger partial charge on any atom is 0.433 e. The molecule has 1 N–H and O–H groups in total. The van der Waals surface area contributed by atoms with Crippen LogP contribution >= 0.6 is 11.6 Å². The van der Waals surface area contributed by atoms with Crippen LogP contribution in [0.5, 0.6) is 0 Å². The Morgan fingerprint density at radius 2 is 1.89 bits per heavy atom. The number of hydrogen-bond acceptors (Lipinski definition) is 2. The van der Waals surface area contributed by atoms with E-state index in [-0.39, 0.29) is 16.1 Å². The fourth-order valence-electron chi connectivity index (χ4n) is 2.64. The maximum atomic E-state index is 12.5. The van der Waals surface area contributed by atoms with Gasteiger partial charge in [-0.1, -0.05) is 37.4 Å². The van der Waals surface area contributed by atoms with Gasteiger partial charge in [0.1, 0.15) is 10.8 Å². The molecule has 0 aliphatic heterocycles. The second-order valence-electron chi connectivity index (χ2n) is 5.34. The number of pyridine rings is 1. The zero-order chi connectivity index (χ0) is 14.3. The van der Waals surface area contributed by atoms with Crippen LogP contribution in [0.3, 0.4) is 0 Å². The Morgan fingerprint density at radius 1 is 1.32 bits per heavy atom. The van der Waals surface area contributed by atoms with Gasteiger partial charge in [0.25, 0.3) is 0 Å². The summed E-state index contributed by atoms with van der Waals surface area (Å²) < 4.78 is 37.5. The molecule has 0 spiro atoms. The van der Waals surface area contributed by atoms with Crippen molar-refractivity contribution in [1.82, 2.24) is 4.98 Å². The topological polar surface area (TPSA) is 33.1 Å². The van der Waals surface area contributed by atoms with Gasteiger partial charge in [-0.15, -0.1) is 0 Å². The molecule has 0 bridgehead atoms. The highest BCUT2D eigenvalue weighted by molar-refractivity contribution is 6.30. The monoisotopic (exact) mass is 293 g/mol. The molecule has 1 saturated carbocycles. The van der Waals surface area contributed by atoms with Gasteiger partial charge < -0.3 is 5.11 Å². The largest absolute Gasteiger partial charge is 0.433 e. The van der Waals surface area contributed by atoms with Crippen LogP contribution in [0.1, 0.15) is 50.0 Å². The van der Waals surface area contributed by atoms with Crippen molar-refractivity contribution in [3.05, 3.63) is 28.5 Å². The standard InChI is InChI=1S/C13H15ClF3NO/c1-12(6-2-3-7-12)10(19)8-4-5-9(13(15,16)17)18-11(8)14/h4-5,10,19H,2-3,6-7H2,1H3. The predicted molar refractivity (Wildman–Crippen MR) is 65.8 cm³/mol. The van der Waals surface area contributed by atoms with Gasteiger partial charge in [0.15, 0.2) is 0 Å². The molecule has 19 heavy (non-hydrogen) atoms. The first-order chi connectivity index (χ1) is 8.74. The van der Waals surface area contributed by atoms with Gasteiger partial charge in [-0.3, -0.25) is 0 Å². The van der Waals surface area contributed by atoms with E-state index in [1.807, 2.05) is 6.92 Å². The summed E-state index contributed by atoms with van der Waals surface area (Å²) in [5, 5.41) is 10.1. The van der Waals surface area contributed by atoms with Crippen LogP contribution in [-0.4, -0.2) is 10.1 Å². The van der Waals surface area contributed by atoms with Crippen LogP contribution < -0.4 is 0 Å². The molecule has 2 rings (SSSR count). The molecule has 2 nitrogen and oxygen atoms in total. The SMILES string of the molecule is CC1(C(O)c2ccc(C(F)(F)F)nc2Cl)CCCC1. The lowest BCUT2D eigenvalue weighted by Gasteiger charge is -2.30. The molecule has 1 heterocycles. The molecule has 1 aromatic heterocycles. The van der Waals surface area contributed by atoms with Crippen molar-refractivity contribution in [1.29, 1.82) is 0 Å². The predicted octanol–water partition coefficient (Wildman–Crippen LogP) is 4.37. The van der Waals surface area contributed by atoms with Crippen molar-refractivity contribution >= 4 is 11.6 Å². The lowest BCUT2D eigenvalue weighted by Crippen LogP contribution is -2.23. The molecule has 0 amide bonds. The Morgan fingerprint density at radius 3 is 2.37 bits per heavy atom. The Balaban J connectivity index is 2.31. The highest BCUT2D eigenvalue weighted by Crippen LogP contribution is 2.48. The first-order valence-electron chi connectivity index (χ1n) is 6.16. The van der Waals surface area contributed by atoms with Gasteiger partial charge in [-0.25, -0.2) is 4.98 Å². The van der Waals surface area contributed by atoms with Gasteiger partial charge in [-0.2, -0.15) is 13.2 Å². The van der Waals surface area contributed by atoms with E-state index in [0.29, 0.717) is 0 Å². The van der Waals surface area contributed by atoms with Crippen molar-refractivity contribution in [2.24, 2.45) is 5.41 Å². The number of nitrogens with zero attached hydrogens (tertiary/aromatic N) is 1. The minimum absolute atomic E-state index is 0.268. The number of halogens is 4. The van der Waals surface area contributed by atoms with Crippen LogP contribution in [0.15, 0.2) is 12.1 Å². The highest BCUT2D eigenvalue weighted by Gasteiger charge is 2.39. The molecule has 6 heteroatoms. The number of rotatable bonds is 2. The summed E-state index contributed by atoms with van der Waals surface area (Å²) in [5.41, 5.74) is -1.09. The van der Waals surface area contributed by atoms with Gasteiger partial charge in [0, 0.05) is 5.56 Å². The van der Waals surface area contributed by atoms with Crippen LogP contribution in [0.4, 0.5) is 13.2 Å². The third-order valence-corrected chi connectivity index (χ3v) is 4.17. The summed E-state index contributed by atoms with van der Waals surface area (Å²) >= 11 is 5.80. The van der Waals surface area contributed by atoms with E-state index in [2.05, 4.69) is 4.98 Å². The van der Waals surface area contributed by atoms with Crippen molar-refractivity contribution in [3.8, 4) is 0 Å². The quantitative estimate of drug-likeness (QED) is 0.822. The average Bonchev–Trinajstić information content (AvgIpc) is 2.75. The van der Waals surface area contributed by atoms with Crippen molar-refractivity contribution < 1.29 is 18.3 Å². The summed E-state index contributed by atoms with van der Waals surface area (Å²) in [7, 11) is 0. The smallest absolute Gasteiger partial charge is 0.388 e. The minimum atomic E-state index is -4.52. The van der Waals surface area contributed by atoms with E-state index in [9.17, 15) is 18.3 Å². The molecule has 0 saturated heterocycles. The molecule has 1 unspecified atom stereocenters. The normalized spacial score (nSPS) is 20.5. The maximum absolute atomic E-state index is 12.5. The van der Waals surface area contributed by atoms with Crippen molar-refractivity contribution in [2.45, 2.75) is 44.9 Å². The molecular formula is C13H15ClF3NO. The van der Waals surface area contributed by atoms with E-state index < -0.39 is 18.0 Å². The van der Waals surface area contributed by atoms with Gasteiger partial charge >= 0.3 is 6.18 Å². The van der Waals surface area contributed by atoms with Crippen LogP contribution in [-0.2, 0) is 6.18 Å².